The number of unbranched alkanes of at least 4 members (excludes halogenated alkanes) is 2. The summed E-state index contributed by atoms with van der Waals surface area (Å²) in [7, 11) is 0. The Hall–Kier alpha value is 0.759. The summed E-state index contributed by atoms with van der Waals surface area (Å²) in [5.41, 5.74) is 0. The zero-order valence-corrected chi connectivity index (χ0v) is 12.6. The summed E-state index contributed by atoms with van der Waals surface area (Å²) in [4.78, 5) is 0. The van der Waals surface area contributed by atoms with Crippen molar-refractivity contribution in [3.63, 3.8) is 0 Å². The third-order valence-corrected chi connectivity index (χ3v) is 9.52. The van der Waals surface area contributed by atoms with Gasteiger partial charge in [-0.1, -0.05) is 0 Å². The molecule has 0 aliphatic heterocycles. The Balaban J connectivity index is 3.60. The van der Waals surface area contributed by atoms with E-state index in [1.165, 1.54) is 34.6 Å². The van der Waals surface area contributed by atoms with E-state index in [-0.39, 0.29) is 0 Å². The Morgan fingerprint density at radius 2 is 1.46 bits per heavy atom. The number of hydrogen-bond donors (Lipinski definition) is 0. The van der Waals surface area contributed by atoms with Crippen molar-refractivity contribution in [3.05, 3.63) is 0 Å². The monoisotopic (exact) mass is 293 g/mol. The molecule has 0 N–H and O–H groups in total. The molecule has 78 valence electrons. The van der Waals surface area contributed by atoms with Crippen LogP contribution in [0.3, 0.4) is 0 Å². The van der Waals surface area contributed by atoms with Crippen LogP contribution in [0.1, 0.15) is 53.4 Å². The Kier molecular flexibility index (Phi) is 9.86. The van der Waals surface area contributed by atoms with Crippen molar-refractivity contribution in [2.45, 2.75) is 68.4 Å². The topological polar surface area (TPSA) is 9.23 Å². The summed E-state index contributed by atoms with van der Waals surface area (Å²) >= 11 is -1.38. The fourth-order valence-electron chi connectivity index (χ4n) is 1.32. The molecular weight excluding hydrogens is 267 g/mol. The van der Waals surface area contributed by atoms with Gasteiger partial charge in [-0.2, -0.15) is 0 Å². The van der Waals surface area contributed by atoms with E-state index in [9.17, 15) is 0 Å². The minimum absolute atomic E-state index is 0.475. The zero-order valence-electron chi connectivity index (χ0n) is 9.73. The average molecular weight is 292 g/mol. The summed E-state index contributed by atoms with van der Waals surface area (Å²) in [5, 5.41) is 0. The Morgan fingerprint density at radius 1 is 1.00 bits per heavy atom. The van der Waals surface area contributed by atoms with Crippen molar-refractivity contribution in [3.8, 4) is 0 Å². The number of rotatable bonds is 8. The predicted molar refractivity (Wildman–Crippen MR) is 61.4 cm³/mol. The molecule has 0 aromatic carbocycles. The molecule has 0 spiro atoms. The molecule has 0 heterocycles. The Morgan fingerprint density at radius 3 is 1.77 bits per heavy atom. The van der Waals surface area contributed by atoms with Crippen LogP contribution >= 0.6 is 0 Å². The van der Waals surface area contributed by atoms with Crippen LogP contribution in [0.4, 0.5) is 0 Å². The maximum absolute atomic E-state index is 6.05. The van der Waals surface area contributed by atoms with Crippen LogP contribution in [0.5, 0.6) is 0 Å². The van der Waals surface area contributed by atoms with E-state index in [4.69, 9.17) is 3.07 Å². The molecule has 0 unspecified atom stereocenters. The molecule has 0 aromatic rings. The van der Waals surface area contributed by atoms with Gasteiger partial charge >= 0.3 is 91.6 Å². The normalized spacial score (nSPS) is 10.8. The maximum atomic E-state index is 6.05. The van der Waals surface area contributed by atoms with Gasteiger partial charge in [0, 0.05) is 0 Å². The third-order valence-electron chi connectivity index (χ3n) is 2.02. The van der Waals surface area contributed by atoms with Gasteiger partial charge in [-0.25, -0.2) is 0 Å². The van der Waals surface area contributed by atoms with Gasteiger partial charge in [0.1, 0.15) is 0 Å². The van der Waals surface area contributed by atoms with Gasteiger partial charge in [-0.05, 0) is 0 Å². The van der Waals surface area contributed by atoms with Gasteiger partial charge in [0.2, 0.25) is 0 Å². The first-order chi connectivity index (χ1) is 6.20. The van der Waals surface area contributed by atoms with E-state index in [0.29, 0.717) is 6.10 Å². The Bertz CT molecular complexity index is 96.3. The number of hydrogen-bond acceptors (Lipinski definition) is 1. The quantitative estimate of drug-likeness (QED) is 0.614. The van der Waals surface area contributed by atoms with Gasteiger partial charge in [-0.3, -0.25) is 0 Å². The summed E-state index contributed by atoms with van der Waals surface area (Å²) in [6.45, 7) is 8.91. The molecule has 1 nitrogen and oxygen atoms in total. The van der Waals surface area contributed by atoms with Crippen molar-refractivity contribution < 1.29 is 3.07 Å². The zero-order chi connectivity index (χ0) is 10.1. The van der Waals surface area contributed by atoms with Crippen LogP contribution in [0.2, 0.25) is 8.87 Å². The molecule has 0 amide bonds. The third kappa shape index (κ3) is 9.07. The van der Waals surface area contributed by atoms with Gasteiger partial charge in [0.15, 0.2) is 0 Å². The summed E-state index contributed by atoms with van der Waals surface area (Å²) < 4.78 is 8.93. The van der Waals surface area contributed by atoms with Crippen molar-refractivity contribution in [1.82, 2.24) is 0 Å². The van der Waals surface area contributed by atoms with Crippen LogP contribution in [-0.2, 0) is 3.07 Å². The molecule has 0 aliphatic carbocycles. The van der Waals surface area contributed by atoms with Gasteiger partial charge in [0.05, 0.1) is 0 Å². The second-order valence-corrected chi connectivity index (χ2v) is 10.5. The van der Waals surface area contributed by atoms with Gasteiger partial charge in [-0.15, -0.1) is 0 Å². The molecule has 0 aliphatic rings. The van der Waals surface area contributed by atoms with Crippen LogP contribution in [0.15, 0.2) is 0 Å². The van der Waals surface area contributed by atoms with Crippen LogP contribution in [0.25, 0.3) is 0 Å². The van der Waals surface area contributed by atoms with Crippen molar-refractivity contribution in [2.24, 2.45) is 0 Å². The second-order valence-electron chi connectivity index (χ2n) is 3.91. The van der Waals surface area contributed by atoms with Crippen molar-refractivity contribution in [1.29, 1.82) is 0 Å². The molecule has 0 atom stereocenters. The summed E-state index contributed by atoms with van der Waals surface area (Å²) in [6.07, 6.45) is 5.93. The average Bonchev–Trinajstić information content (AvgIpc) is 2.09. The van der Waals surface area contributed by atoms with E-state index in [1.54, 1.807) is 0 Å². The summed E-state index contributed by atoms with van der Waals surface area (Å²) in [6, 6.07) is 0. The SMILES string of the molecule is CCC[CH2][Sn+]([CH2]CCC)[O]C(C)C. The van der Waals surface area contributed by atoms with Gasteiger partial charge in [0.25, 0.3) is 0 Å². The molecular formula is C11H25OSn+. The van der Waals surface area contributed by atoms with Crippen LogP contribution < -0.4 is 0 Å². The molecule has 0 aromatic heterocycles. The van der Waals surface area contributed by atoms with E-state index in [0.717, 1.165) is 0 Å². The van der Waals surface area contributed by atoms with Crippen LogP contribution in [0, 0.1) is 0 Å². The molecule has 2 heteroatoms. The standard InChI is InChI=1S/2C4H9.C3H7O.Sn/c2*1-3-4-2;1-3(2)4;/h2*1,3-4H2,2H3;3H,1-2H3;/q;;-1;+2. The van der Waals surface area contributed by atoms with E-state index < -0.39 is 20.2 Å². The van der Waals surface area contributed by atoms with E-state index in [1.807, 2.05) is 0 Å². The van der Waals surface area contributed by atoms with Crippen molar-refractivity contribution >= 4 is 20.2 Å². The fraction of sp³-hybridized carbons (Fsp3) is 1.00. The molecule has 0 radical (unpaired) electrons. The van der Waals surface area contributed by atoms with Crippen molar-refractivity contribution in [2.75, 3.05) is 0 Å². The first kappa shape index (κ1) is 13.8. The molecule has 0 bridgehead atoms. The summed E-state index contributed by atoms with van der Waals surface area (Å²) in [5.74, 6) is 0. The molecule has 0 saturated heterocycles. The predicted octanol–water partition coefficient (Wildman–Crippen LogP) is 4.00. The first-order valence-electron chi connectivity index (χ1n) is 5.72. The van der Waals surface area contributed by atoms with E-state index in [2.05, 4.69) is 27.7 Å². The first-order valence-corrected chi connectivity index (χ1v) is 10.9. The van der Waals surface area contributed by atoms with E-state index >= 15 is 0 Å². The Labute approximate surface area is 91.5 Å². The molecule has 0 rings (SSSR count). The van der Waals surface area contributed by atoms with Crippen LogP contribution in [-0.4, -0.2) is 26.3 Å². The van der Waals surface area contributed by atoms with Gasteiger partial charge < -0.3 is 0 Å². The molecule has 0 fully saturated rings. The molecule has 0 saturated carbocycles. The minimum atomic E-state index is -1.38. The second kappa shape index (κ2) is 9.32. The fourth-order valence-corrected chi connectivity index (χ4v) is 8.88. The molecule has 13 heavy (non-hydrogen) atoms.